The largest absolute Gasteiger partial charge is 0.301 e. The van der Waals surface area contributed by atoms with E-state index in [0.717, 1.165) is 5.92 Å². The lowest BCUT2D eigenvalue weighted by atomic mass is 9.95. The van der Waals surface area contributed by atoms with Crippen molar-refractivity contribution in [3.63, 3.8) is 0 Å². The first kappa shape index (κ1) is 13.5. The van der Waals surface area contributed by atoms with Crippen LogP contribution in [0, 0.1) is 5.92 Å². The quantitative estimate of drug-likeness (QED) is 0.888. The third kappa shape index (κ3) is 2.65. The summed E-state index contributed by atoms with van der Waals surface area (Å²) in [5, 5.41) is 6.17. The Morgan fingerprint density at radius 1 is 1.14 bits per heavy atom. The summed E-state index contributed by atoms with van der Waals surface area (Å²) in [7, 11) is 0. The van der Waals surface area contributed by atoms with E-state index < -0.39 is 0 Å². The average molecular weight is 298 g/mol. The van der Waals surface area contributed by atoms with Crippen molar-refractivity contribution in [2.24, 2.45) is 5.92 Å². The molecule has 1 fully saturated rings. The number of fused-ring (bicyclic) bond motifs is 1. The Kier molecular flexibility index (Phi) is 3.78. The highest BCUT2D eigenvalue weighted by atomic mass is 32.1. The second kappa shape index (κ2) is 5.90. The van der Waals surface area contributed by atoms with E-state index in [1.54, 1.807) is 0 Å². The van der Waals surface area contributed by atoms with Crippen LogP contribution in [0.4, 0.5) is 0 Å². The highest BCUT2D eigenvalue weighted by Gasteiger charge is 2.32. The fourth-order valence-electron chi connectivity index (χ4n) is 4.00. The van der Waals surface area contributed by atoms with Crippen LogP contribution in [0.3, 0.4) is 0 Å². The highest BCUT2D eigenvalue weighted by Crippen LogP contribution is 2.40. The second-order valence-corrected chi connectivity index (χ2v) is 7.32. The third-order valence-corrected chi connectivity index (χ3v) is 6.02. The number of hydrogen-bond acceptors (Lipinski definition) is 3. The molecule has 2 atom stereocenters. The monoisotopic (exact) mass is 298 g/mol. The summed E-state index contributed by atoms with van der Waals surface area (Å²) in [5.74, 6) is 0.802. The first-order chi connectivity index (χ1) is 10.4. The molecule has 0 radical (unpaired) electrons. The minimum absolute atomic E-state index is 0.439. The van der Waals surface area contributed by atoms with E-state index >= 15 is 0 Å². The van der Waals surface area contributed by atoms with Gasteiger partial charge in [0.1, 0.15) is 0 Å². The zero-order valence-corrected chi connectivity index (χ0v) is 13.1. The van der Waals surface area contributed by atoms with Gasteiger partial charge in [0.2, 0.25) is 0 Å². The Labute approximate surface area is 130 Å². The lowest BCUT2D eigenvalue weighted by Gasteiger charge is -2.27. The number of rotatable bonds is 4. The van der Waals surface area contributed by atoms with Crippen molar-refractivity contribution in [2.75, 3.05) is 0 Å². The Bertz CT molecular complexity index is 587. The van der Waals surface area contributed by atoms with Crippen LogP contribution >= 0.6 is 11.3 Å². The first-order valence-electron chi connectivity index (χ1n) is 8.15. The minimum Gasteiger partial charge on any atom is -0.301 e. The Morgan fingerprint density at radius 3 is 2.86 bits per heavy atom. The standard InChI is InChI=1S/C18H22N2S/c1-2-6-13(5-1)18(16-8-4-12-21-16)20-15-10-9-14-7-3-11-19-17(14)15/h3-4,7-8,11-13,15,18,20H,1-2,5-6,9-10H2. The molecule has 21 heavy (non-hydrogen) atoms. The van der Waals surface area contributed by atoms with Crippen molar-refractivity contribution < 1.29 is 0 Å². The molecule has 0 aliphatic heterocycles. The predicted octanol–water partition coefficient (Wildman–Crippen LogP) is 4.65. The minimum atomic E-state index is 0.439. The first-order valence-corrected chi connectivity index (χ1v) is 9.03. The molecular weight excluding hydrogens is 276 g/mol. The van der Waals surface area contributed by atoms with E-state index in [1.165, 1.54) is 54.7 Å². The van der Waals surface area contributed by atoms with Crippen molar-refractivity contribution in [1.82, 2.24) is 10.3 Å². The van der Waals surface area contributed by atoms with Gasteiger partial charge in [-0.1, -0.05) is 25.0 Å². The number of pyridine rings is 1. The fourth-order valence-corrected chi connectivity index (χ4v) is 4.88. The van der Waals surface area contributed by atoms with Crippen LogP contribution in [-0.2, 0) is 6.42 Å². The van der Waals surface area contributed by atoms with Gasteiger partial charge >= 0.3 is 0 Å². The summed E-state index contributed by atoms with van der Waals surface area (Å²) in [6.07, 6.45) is 9.84. The van der Waals surface area contributed by atoms with Gasteiger partial charge in [0.25, 0.3) is 0 Å². The molecule has 2 unspecified atom stereocenters. The SMILES string of the molecule is c1csc(C(NC2CCc3cccnc32)C2CCCC2)c1. The molecule has 2 heterocycles. The lowest BCUT2D eigenvalue weighted by Crippen LogP contribution is -2.29. The van der Waals surface area contributed by atoms with E-state index in [0.29, 0.717) is 12.1 Å². The van der Waals surface area contributed by atoms with E-state index in [9.17, 15) is 0 Å². The molecule has 3 heteroatoms. The summed E-state index contributed by atoms with van der Waals surface area (Å²) >= 11 is 1.90. The predicted molar refractivity (Wildman–Crippen MR) is 87.5 cm³/mol. The summed E-state index contributed by atoms with van der Waals surface area (Å²) in [6.45, 7) is 0. The van der Waals surface area contributed by atoms with Gasteiger partial charge in [-0.15, -0.1) is 11.3 Å². The summed E-state index contributed by atoms with van der Waals surface area (Å²) in [6, 6.07) is 9.74. The van der Waals surface area contributed by atoms with Crippen LogP contribution in [0.1, 0.15) is 60.3 Å². The summed E-state index contributed by atoms with van der Waals surface area (Å²) in [5.41, 5.74) is 2.73. The lowest BCUT2D eigenvalue weighted by molar-refractivity contribution is 0.330. The van der Waals surface area contributed by atoms with Gasteiger partial charge in [-0.2, -0.15) is 0 Å². The Balaban J connectivity index is 1.58. The van der Waals surface area contributed by atoms with Crippen LogP contribution in [0.15, 0.2) is 35.8 Å². The van der Waals surface area contributed by atoms with Gasteiger partial charge < -0.3 is 5.32 Å². The maximum atomic E-state index is 4.64. The summed E-state index contributed by atoms with van der Waals surface area (Å²) < 4.78 is 0. The topological polar surface area (TPSA) is 24.9 Å². The third-order valence-electron chi connectivity index (χ3n) is 5.06. The molecule has 1 saturated carbocycles. The van der Waals surface area contributed by atoms with Gasteiger partial charge in [0.05, 0.1) is 11.7 Å². The van der Waals surface area contributed by atoms with Crippen LogP contribution in [0.2, 0.25) is 0 Å². The summed E-state index contributed by atoms with van der Waals surface area (Å²) in [4.78, 5) is 6.15. The van der Waals surface area contributed by atoms with E-state index in [-0.39, 0.29) is 0 Å². The average Bonchev–Trinajstić information content (AvgIpc) is 3.26. The molecule has 0 amide bonds. The van der Waals surface area contributed by atoms with Gasteiger partial charge in [-0.25, -0.2) is 0 Å². The second-order valence-electron chi connectivity index (χ2n) is 6.34. The zero-order chi connectivity index (χ0) is 14.1. The van der Waals surface area contributed by atoms with Gasteiger partial charge in [0.15, 0.2) is 0 Å². The number of hydrogen-bond donors (Lipinski definition) is 1. The molecule has 110 valence electrons. The molecule has 0 aromatic carbocycles. The van der Waals surface area contributed by atoms with Crippen molar-refractivity contribution in [3.05, 3.63) is 52.0 Å². The molecular formula is C18H22N2S. The fraction of sp³-hybridized carbons (Fsp3) is 0.500. The molecule has 0 bridgehead atoms. The normalized spacial score (nSPS) is 23.3. The van der Waals surface area contributed by atoms with Crippen LogP contribution in [-0.4, -0.2) is 4.98 Å². The number of thiophene rings is 1. The van der Waals surface area contributed by atoms with E-state index in [4.69, 9.17) is 0 Å². The van der Waals surface area contributed by atoms with Crippen LogP contribution in [0.25, 0.3) is 0 Å². The molecule has 2 nitrogen and oxygen atoms in total. The molecule has 1 N–H and O–H groups in total. The Morgan fingerprint density at radius 2 is 2.05 bits per heavy atom. The number of nitrogens with zero attached hydrogens (tertiary/aromatic N) is 1. The number of nitrogens with one attached hydrogen (secondary N) is 1. The molecule has 2 aromatic rings. The maximum absolute atomic E-state index is 4.64. The van der Waals surface area contributed by atoms with Crippen molar-refractivity contribution in [2.45, 2.75) is 50.6 Å². The molecule has 0 saturated heterocycles. The molecule has 2 aliphatic carbocycles. The van der Waals surface area contributed by atoms with Gasteiger partial charge in [-0.3, -0.25) is 4.98 Å². The van der Waals surface area contributed by atoms with E-state index in [2.05, 4.69) is 39.9 Å². The highest BCUT2D eigenvalue weighted by molar-refractivity contribution is 7.10. The zero-order valence-electron chi connectivity index (χ0n) is 12.3. The molecule has 2 aromatic heterocycles. The number of aromatic nitrogens is 1. The molecule has 2 aliphatic rings. The number of aryl methyl sites for hydroxylation is 1. The van der Waals surface area contributed by atoms with Crippen molar-refractivity contribution >= 4 is 11.3 Å². The molecule has 4 rings (SSSR count). The Hall–Kier alpha value is -1.19. The van der Waals surface area contributed by atoms with E-state index in [1.807, 2.05) is 17.5 Å². The maximum Gasteiger partial charge on any atom is 0.0605 e. The van der Waals surface area contributed by atoms with Crippen molar-refractivity contribution in [1.29, 1.82) is 0 Å². The van der Waals surface area contributed by atoms with Crippen molar-refractivity contribution in [3.8, 4) is 0 Å². The van der Waals surface area contributed by atoms with Gasteiger partial charge in [-0.05, 0) is 54.7 Å². The van der Waals surface area contributed by atoms with Crippen LogP contribution < -0.4 is 5.32 Å². The van der Waals surface area contributed by atoms with Crippen LogP contribution in [0.5, 0.6) is 0 Å². The smallest absolute Gasteiger partial charge is 0.0605 e. The van der Waals surface area contributed by atoms with Gasteiger partial charge in [0, 0.05) is 17.1 Å². The molecule has 0 spiro atoms.